The Morgan fingerprint density at radius 3 is 2.66 bits per heavy atom. The van der Waals surface area contributed by atoms with Crippen molar-refractivity contribution in [3.05, 3.63) is 64.9 Å². The molecule has 150 valence electrons. The maximum atomic E-state index is 13.2. The Morgan fingerprint density at radius 2 is 1.93 bits per heavy atom. The van der Waals surface area contributed by atoms with Crippen molar-refractivity contribution >= 4 is 11.7 Å². The summed E-state index contributed by atoms with van der Waals surface area (Å²) in [5, 5.41) is 6.91. The molecule has 3 heterocycles. The van der Waals surface area contributed by atoms with Crippen LogP contribution in [0.3, 0.4) is 0 Å². The lowest BCUT2D eigenvalue weighted by Crippen LogP contribution is -2.39. The Morgan fingerprint density at radius 1 is 1.21 bits per heavy atom. The van der Waals surface area contributed by atoms with Gasteiger partial charge in [0.15, 0.2) is 5.78 Å². The number of H-pyrrole nitrogens is 1. The minimum atomic E-state index is -0.382. The molecule has 1 aliphatic heterocycles. The Hall–Kier alpha value is -3.26. The second-order valence-electron chi connectivity index (χ2n) is 6.96. The van der Waals surface area contributed by atoms with E-state index in [2.05, 4.69) is 15.5 Å². The molecule has 1 saturated heterocycles. The molecule has 1 aliphatic rings. The van der Waals surface area contributed by atoms with Crippen molar-refractivity contribution in [1.82, 2.24) is 15.5 Å². The van der Waals surface area contributed by atoms with E-state index in [0.29, 0.717) is 41.5 Å². The number of carbonyl (C=O) groups excluding carboxylic acids is 2. The van der Waals surface area contributed by atoms with Crippen molar-refractivity contribution in [2.45, 2.75) is 25.8 Å². The number of ketones is 1. The van der Waals surface area contributed by atoms with Crippen LogP contribution in [0.1, 0.15) is 45.0 Å². The molecule has 3 aromatic rings. The van der Waals surface area contributed by atoms with Crippen LogP contribution in [-0.4, -0.2) is 41.1 Å². The van der Waals surface area contributed by atoms with E-state index in [9.17, 15) is 14.0 Å². The third-order valence-corrected chi connectivity index (χ3v) is 4.95. The van der Waals surface area contributed by atoms with Crippen molar-refractivity contribution in [3.8, 4) is 11.3 Å². The van der Waals surface area contributed by atoms with Gasteiger partial charge in [-0.2, -0.15) is 0 Å². The van der Waals surface area contributed by atoms with Gasteiger partial charge in [-0.15, -0.1) is 0 Å². The molecular weight excluding hydrogens is 377 g/mol. The molecule has 0 saturated carbocycles. The topological polar surface area (TPSA) is 97.2 Å². The number of carbonyl (C=O) groups is 2. The van der Waals surface area contributed by atoms with Gasteiger partial charge in [-0.25, -0.2) is 4.39 Å². The Kier molecular flexibility index (Phi) is 5.26. The average Bonchev–Trinajstić information content (AvgIpc) is 3.36. The van der Waals surface area contributed by atoms with E-state index in [0.717, 1.165) is 12.8 Å². The number of hydrogen-bond acceptors (Lipinski definition) is 5. The van der Waals surface area contributed by atoms with E-state index in [-0.39, 0.29) is 29.1 Å². The summed E-state index contributed by atoms with van der Waals surface area (Å²) in [5.41, 5.74) is 1.81. The molecule has 0 atom stereocenters. The third-order valence-electron chi connectivity index (χ3n) is 4.95. The Balaban J connectivity index is 1.56. The van der Waals surface area contributed by atoms with Gasteiger partial charge in [-0.1, -0.05) is 5.16 Å². The molecule has 1 fully saturated rings. The van der Waals surface area contributed by atoms with Crippen molar-refractivity contribution in [2.75, 3.05) is 13.2 Å². The van der Waals surface area contributed by atoms with Crippen LogP contribution in [0, 0.1) is 12.7 Å². The van der Waals surface area contributed by atoms with E-state index in [1.54, 1.807) is 6.92 Å². The molecule has 8 heteroatoms. The monoisotopic (exact) mass is 397 g/mol. The quantitative estimate of drug-likeness (QED) is 0.644. The van der Waals surface area contributed by atoms with E-state index >= 15 is 0 Å². The number of ether oxygens (including phenoxy) is 1. The molecule has 1 aromatic carbocycles. The zero-order chi connectivity index (χ0) is 20.4. The fraction of sp³-hybridized carbons (Fsp3) is 0.286. The van der Waals surface area contributed by atoms with Crippen LogP contribution in [0.25, 0.3) is 11.3 Å². The summed E-state index contributed by atoms with van der Waals surface area (Å²) < 4.78 is 23.7. The largest absolute Gasteiger partial charge is 0.381 e. The molecule has 4 rings (SSSR count). The van der Waals surface area contributed by atoms with Gasteiger partial charge in [0.25, 0.3) is 5.91 Å². The molecule has 2 aromatic heterocycles. The predicted molar refractivity (Wildman–Crippen MR) is 102 cm³/mol. The number of aryl methyl sites for hydroxylation is 1. The van der Waals surface area contributed by atoms with Gasteiger partial charge in [0.1, 0.15) is 23.0 Å². The maximum absolute atomic E-state index is 13.2. The molecular formula is C21H20FN3O4. The van der Waals surface area contributed by atoms with Crippen LogP contribution < -0.4 is 5.32 Å². The number of amides is 1. The van der Waals surface area contributed by atoms with Crippen LogP contribution in [0.4, 0.5) is 4.39 Å². The van der Waals surface area contributed by atoms with Crippen molar-refractivity contribution in [2.24, 2.45) is 0 Å². The van der Waals surface area contributed by atoms with Crippen LogP contribution in [0.15, 0.2) is 41.1 Å². The smallest absolute Gasteiger partial charge is 0.267 e. The lowest BCUT2D eigenvalue weighted by Gasteiger charge is -2.22. The SMILES string of the molecule is Cc1onc(-c2ccc(F)cc2)c1C(=O)c1c[nH]c(C(=O)NC2CCOCC2)c1. The van der Waals surface area contributed by atoms with E-state index in [1.165, 1.54) is 36.5 Å². The fourth-order valence-electron chi connectivity index (χ4n) is 3.35. The second kappa shape index (κ2) is 8.00. The molecule has 0 spiro atoms. The minimum Gasteiger partial charge on any atom is -0.381 e. The van der Waals surface area contributed by atoms with E-state index < -0.39 is 0 Å². The number of aromatic amines is 1. The van der Waals surface area contributed by atoms with E-state index in [1.807, 2.05) is 0 Å². The molecule has 1 amide bonds. The first-order valence-electron chi connectivity index (χ1n) is 9.37. The summed E-state index contributed by atoms with van der Waals surface area (Å²) in [5.74, 6) is -0.627. The van der Waals surface area contributed by atoms with Crippen LogP contribution >= 0.6 is 0 Å². The number of aromatic nitrogens is 2. The number of nitrogens with zero attached hydrogens (tertiary/aromatic N) is 1. The summed E-state index contributed by atoms with van der Waals surface area (Å²) in [7, 11) is 0. The van der Waals surface area contributed by atoms with Gasteiger partial charge in [0.2, 0.25) is 0 Å². The molecule has 29 heavy (non-hydrogen) atoms. The number of hydrogen-bond donors (Lipinski definition) is 2. The zero-order valence-electron chi connectivity index (χ0n) is 15.8. The highest BCUT2D eigenvalue weighted by Crippen LogP contribution is 2.28. The summed E-state index contributed by atoms with van der Waals surface area (Å²) in [6, 6.07) is 7.23. The first-order valence-corrected chi connectivity index (χ1v) is 9.37. The third kappa shape index (κ3) is 3.97. The number of nitrogens with one attached hydrogen (secondary N) is 2. The summed E-state index contributed by atoms with van der Waals surface area (Å²) in [6.07, 6.45) is 3.01. The second-order valence-corrected chi connectivity index (χ2v) is 6.96. The Bertz CT molecular complexity index is 1030. The molecule has 7 nitrogen and oxygen atoms in total. The van der Waals surface area contributed by atoms with Crippen LogP contribution in [-0.2, 0) is 4.74 Å². The van der Waals surface area contributed by atoms with Crippen molar-refractivity contribution < 1.29 is 23.2 Å². The highest BCUT2D eigenvalue weighted by atomic mass is 19.1. The van der Waals surface area contributed by atoms with Gasteiger partial charge in [-0.05, 0) is 50.1 Å². The predicted octanol–water partition coefficient (Wildman–Crippen LogP) is 3.26. The maximum Gasteiger partial charge on any atom is 0.267 e. The van der Waals surface area contributed by atoms with Gasteiger partial charge in [0.05, 0.1) is 5.56 Å². The van der Waals surface area contributed by atoms with Crippen molar-refractivity contribution in [1.29, 1.82) is 0 Å². The Labute approximate surface area is 166 Å². The molecule has 2 N–H and O–H groups in total. The normalized spacial score (nSPS) is 14.7. The van der Waals surface area contributed by atoms with Gasteiger partial charge in [-0.3, -0.25) is 9.59 Å². The van der Waals surface area contributed by atoms with Gasteiger partial charge in [0, 0.05) is 36.6 Å². The van der Waals surface area contributed by atoms with E-state index in [4.69, 9.17) is 9.26 Å². The summed E-state index contributed by atoms with van der Waals surface area (Å²) in [6.45, 7) is 2.88. The first kappa shape index (κ1) is 19.1. The van der Waals surface area contributed by atoms with Gasteiger partial charge < -0.3 is 19.6 Å². The average molecular weight is 397 g/mol. The standard InChI is InChI=1S/C21H20FN3O4/c1-12-18(19(25-29-12)13-2-4-15(22)5-3-13)20(26)14-10-17(23-11-14)21(27)24-16-6-8-28-9-7-16/h2-5,10-11,16,23H,6-9H2,1H3,(H,24,27). The lowest BCUT2D eigenvalue weighted by molar-refractivity contribution is 0.0694. The number of halogens is 1. The van der Waals surface area contributed by atoms with Crippen molar-refractivity contribution in [3.63, 3.8) is 0 Å². The zero-order valence-corrected chi connectivity index (χ0v) is 15.8. The van der Waals surface area contributed by atoms with Crippen LogP contribution in [0.2, 0.25) is 0 Å². The highest BCUT2D eigenvalue weighted by molar-refractivity contribution is 6.13. The summed E-state index contributed by atoms with van der Waals surface area (Å²) >= 11 is 0. The highest BCUT2D eigenvalue weighted by Gasteiger charge is 2.25. The lowest BCUT2D eigenvalue weighted by atomic mass is 9.99. The molecule has 0 aliphatic carbocycles. The fourth-order valence-corrected chi connectivity index (χ4v) is 3.35. The molecule has 0 bridgehead atoms. The van der Waals surface area contributed by atoms with Gasteiger partial charge >= 0.3 is 0 Å². The molecule has 0 unspecified atom stereocenters. The first-order chi connectivity index (χ1) is 14.0. The minimum absolute atomic E-state index is 0.0594. The summed E-state index contributed by atoms with van der Waals surface area (Å²) in [4.78, 5) is 28.4. The number of benzene rings is 1. The molecule has 0 radical (unpaired) electrons. The number of rotatable bonds is 5. The van der Waals surface area contributed by atoms with Crippen LogP contribution in [0.5, 0.6) is 0 Å².